The molecule has 0 spiro atoms. The highest BCUT2D eigenvalue weighted by atomic mass is 16.7. The van der Waals surface area contributed by atoms with Crippen LogP contribution in [-0.4, -0.2) is 51.3 Å². The Hall–Kier alpha value is -3.99. The van der Waals surface area contributed by atoms with Gasteiger partial charge >= 0.3 is 5.97 Å². The quantitative estimate of drug-likeness (QED) is 0.460. The highest BCUT2D eigenvalue weighted by Gasteiger charge is 2.26. The first-order valence-electron chi connectivity index (χ1n) is 10.4. The van der Waals surface area contributed by atoms with Crippen LogP contribution in [0.3, 0.4) is 0 Å². The first-order valence-corrected chi connectivity index (χ1v) is 10.4. The topological polar surface area (TPSA) is 129 Å². The van der Waals surface area contributed by atoms with E-state index in [1.54, 1.807) is 43.2 Å². The fourth-order valence-corrected chi connectivity index (χ4v) is 3.28. The highest BCUT2D eigenvalue weighted by Crippen LogP contribution is 2.32. The zero-order valence-electron chi connectivity index (χ0n) is 18.3. The Morgan fingerprint density at radius 3 is 2.85 bits per heavy atom. The van der Waals surface area contributed by atoms with Crippen LogP contribution in [-0.2, 0) is 20.9 Å². The summed E-state index contributed by atoms with van der Waals surface area (Å²) >= 11 is 0. The molecular formula is C22H24N6O5. The predicted octanol–water partition coefficient (Wildman–Crippen LogP) is 1.21. The maximum absolute atomic E-state index is 12.6. The zero-order chi connectivity index (χ0) is 23.2. The Kier molecular flexibility index (Phi) is 6.79. The summed E-state index contributed by atoms with van der Waals surface area (Å²) in [7, 11) is 0. The molecule has 1 aromatic carbocycles. The van der Waals surface area contributed by atoms with Crippen LogP contribution in [0.4, 0.5) is 0 Å². The average Bonchev–Trinajstić information content (AvgIpc) is 3.49. The lowest BCUT2D eigenvalue weighted by Crippen LogP contribution is -2.40. The van der Waals surface area contributed by atoms with Crippen molar-refractivity contribution in [2.45, 2.75) is 26.4 Å². The summed E-state index contributed by atoms with van der Waals surface area (Å²) in [4.78, 5) is 38.1. The van der Waals surface area contributed by atoms with Gasteiger partial charge in [0.15, 0.2) is 17.5 Å². The summed E-state index contributed by atoms with van der Waals surface area (Å²) in [6.07, 6.45) is 4.84. The first-order chi connectivity index (χ1) is 16.0. The van der Waals surface area contributed by atoms with E-state index in [2.05, 4.69) is 25.6 Å². The minimum absolute atomic E-state index is 0.0111. The van der Waals surface area contributed by atoms with Crippen LogP contribution in [0.15, 0.2) is 43.0 Å². The summed E-state index contributed by atoms with van der Waals surface area (Å²) in [6.45, 7) is 4.28. The van der Waals surface area contributed by atoms with Gasteiger partial charge in [0.25, 0.3) is 0 Å². The van der Waals surface area contributed by atoms with Crippen LogP contribution in [0.1, 0.15) is 29.9 Å². The predicted molar refractivity (Wildman–Crippen MR) is 116 cm³/mol. The molecule has 0 aliphatic carbocycles. The number of carbonyl (C=O) groups excluding carboxylic acids is 2. The molecular weight excluding hydrogens is 428 g/mol. The minimum atomic E-state index is -1.08. The van der Waals surface area contributed by atoms with E-state index >= 15 is 0 Å². The molecule has 0 saturated heterocycles. The Labute approximate surface area is 190 Å². The fourth-order valence-electron chi connectivity index (χ4n) is 3.28. The van der Waals surface area contributed by atoms with Crippen LogP contribution in [0.2, 0.25) is 0 Å². The molecule has 3 heterocycles. The summed E-state index contributed by atoms with van der Waals surface area (Å²) in [5.41, 5.74) is 1.90. The minimum Gasteiger partial charge on any atom is -0.464 e. The van der Waals surface area contributed by atoms with Crippen LogP contribution in [0, 0.1) is 6.92 Å². The molecule has 0 bridgehead atoms. The van der Waals surface area contributed by atoms with Gasteiger partial charge in [-0.25, -0.2) is 19.7 Å². The second-order valence-electron chi connectivity index (χ2n) is 7.25. The van der Waals surface area contributed by atoms with Crippen LogP contribution in [0.5, 0.6) is 11.5 Å². The van der Waals surface area contributed by atoms with Crippen molar-refractivity contribution in [2.75, 3.05) is 19.9 Å². The SMILES string of the molecule is CCOC(=O)C(NC(=O)CNCc1ccc2c(c1)OCO2)c1cc(C)nc(-n2ccnc2)n1. The average molecular weight is 452 g/mol. The molecule has 0 radical (unpaired) electrons. The molecule has 11 heteroatoms. The van der Waals surface area contributed by atoms with Gasteiger partial charge in [0.05, 0.1) is 18.8 Å². The van der Waals surface area contributed by atoms with E-state index in [0.29, 0.717) is 35.4 Å². The lowest BCUT2D eigenvalue weighted by Gasteiger charge is -2.18. The molecule has 0 saturated carbocycles. The van der Waals surface area contributed by atoms with Crippen LogP contribution >= 0.6 is 0 Å². The number of aryl methyl sites for hydroxylation is 1. The molecule has 172 valence electrons. The van der Waals surface area contributed by atoms with Crippen molar-refractivity contribution < 1.29 is 23.8 Å². The molecule has 1 amide bonds. The Balaban J connectivity index is 1.43. The summed E-state index contributed by atoms with van der Waals surface area (Å²) in [5, 5.41) is 5.77. The Morgan fingerprint density at radius 2 is 2.06 bits per heavy atom. The fraction of sp³-hybridized carbons (Fsp3) is 0.318. The lowest BCUT2D eigenvalue weighted by molar-refractivity contribution is -0.147. The number of nitrogens with zero attached hydrogens (tertiary/aromatic N) is 4. The molecule has 1 aliphatic heterocycles. The van der Waals surface area contributed by atoms with E-state index in [4.69, 9.17) is 14.2 Å². The van der Waals surface area contributed by atoms with Gasteiger partial charge in [-0.2, -0.15) is 0 Å². The molecule has 1 aliphatic rings. The second-order valence-corrected chi connectivity index (χ2v) is 7.25. The van der Waals surface area contributed by atoms with Gasteiger partial charge < -0.3 is 24.8 Å². The van der Waals surface area contributed by atoms with E-state index in [1.165, 1.54) is 0 Å². The van der Waals surface area contributed by atoms with Crippen LogP contribution < -0.4 is 20.1 Å². The number of imidazole rings is 1. The number of amides is 1. The molecule has 4 rings (SSSR count). The summed E-state index contributed by atoms with van der Waals surface area (Å²) in [5.74, 6) is 0.732. The number of hydrogen-bond acceptors (Lipinski definition) is 9. The molecule has 0 fully saturated rings. The van der Waals surface area contributed by atoms with Gasteiger partial charge in [0.1, 0.15) is 6.33 Å². The van der Waals surface area contributed by atoms with Crippen molar-refractivity contribution in [1.82, 2.24) is 30.2 Å². The second kappa shape index (κ2) is 10.1. The zero-order valence-corrected chi connectivity index (χ0v) is 18.3. The molecule has 1 atom stereocenters. The third-order valence-electron chi connectivity index (χ3n) is 4.77. The third kappa shape index (κ3) is 5.44. The Morgan fingerprint density at radius 1 is 1.21 bits per heavy atom. The lowest BCUT2D eigenvalue weighted by atomic mass is 10.1. The number of benzene rings is 1. The number of carbonyl (C=O) groups is 2. The van der Waals surface area contributed by atoms with E-state index in [9.17, 15) is 9.59 Å². The van der Waals surface area contributed by atoms with Crippen molar-refractivity contribution >= 4 is 11.9 Å². The van der Waals surface area contributed by atoms with E-state index in [1.807, 2.05) is 18.2 Å². The van der Waals surface area contributed by atoms with Gasteiger partial charge in [0.2, 0.25) is 18.6 Å². The Bertz CT molecular complexity index is 1130. The molecule has 33 heavy (non-hydrogen) atoms. The van der Waals surface area contributed by atoms with Crippen molar-refractivity contribution in [2.24, 2.45) is 0 Å². The van der Waals surface area contributed by atoms with Crippen molar-refractivity contribution in [1.29, 1.82) is 0 Å². The molecule has 1 unspecified atom stereocenters. The number of hydrogen-bond donors (Lipinski definition) is 2. The number of ether oxygens (including phenoxy) is 3. The standard InChI is InChI=1S/C22H24N6O5/c1-3-31-21(30)20(16-8-14(2)25-22(26-16)28-7-6-23-12-28)27-19(29)11-24-10-15-4-5-17-18(9-15)33-13-32-17/h4-9,12,20,24H,3,10-11,13H2,1-2H3,(H,27,29). The maximum Gasteiger partial charge on any atom is 0.334 e. The maximum atomic E-state index is 12.6. The smallest absolute Gasteiger partial charge is 0.334 e. The van der Waals surface area contributed by atoms with Crippen molar-refractivity contribution in [3.63, 3.8) is 0 Å². The van der Waals surface area contributed by atoms with Gasteiger partial charge in [-0.05, 0) is 37.6 Å². The number of aromatic nitrogens is 4. The van der Waals surface area contributed by atoms with Gasteiger partial charge in [-0.3, -0.25) is 9.36 Å². The van der Waals surface area contributed by atoms with Gasteiger partial charge in [0, 0.05) is 24.6 Å². The summed E-state index contributed by atoms with van der Waals surface area (Å²) < 4.78 is 17.4. The highest BCUT2D eigenvalue weighted by molar-refractivity contribution is 5.86. The van der Waals surface area contributed by atoms with Crippen molar-refractivity contribution in [3.05, 3.63) is 59.9 Å². The number of fused-ring (bicyclic) bond motifs is 1. The van der Waals surface area contributed by atoms with Crippen LogP contribution in [0.25, 0.3) is 5.95 Å². The molecule has 2 aromatic heterocycles. The first kappa shape index (κ1) is 22.2. The van der Waals surface area contributed by atoms with E-state index in [0.717, 1.165) is 5.56 Å². The summed E-state index contributed by atoms with van der Waals surface area (Å²) in [6, 6.07) is 6.14. The number of esters is 1. The normalized spacial score (nSPS) is 12.9. The van der Waals surface area contributed by atoms with Crippen molar-refractivity contribution in [3.8, 4) is 17.4 Å². The largest absolute Gasteiger partial charge is 0.464 e. The van der Waals surface area contributed by atoms with Gasteiger partial charge in [-0.15, -0.1) is 0 Å². The van der Waals surface area contributed by atoms with E-state index in [-0.39, 0.29) is 25.9 Å². The van der Waals surface area contributed by atoms with E-state index < -0.39 is 12.0 Å². The molecule has 11 nitrogen and oxygen atoms in total. The number of nitrogens with one attached hydrogen (secondary N) is 2. The monoisotopic (exact) mass is 452 g/mol. The van der Waals surface area contributed by atoms with Gasteiger partial charge in [-0.1, -0.05) is 6.07 Å². The third-order valence-corrected chi connectivity index (χ3v) is 4.77. The molecule has 2 N–H and O–H groups in total. The number of rotatable bonds is 9. The molecule has 3 aromatic rings.